The molecule has 1 aromatic carbocycles. The van der Waals surface area contributed by atoms with Gasteiger partial charge in [0.2, 0.25) is 6.79 Å². The summed E-state index contributed by atoms with van der Waals surface area (Å²) in [6.07, 6.45) is 0.377. The molecule has 0 amide bonds. The Hall–Kier alpha value is -3.66. The minimum atomic E-state index is -0.868. The third kappa shape index (κ3) is 4.28. The van der Waals surface area contributed by atoms with Crippen LogP contribution < -0.4 is 20.5 Å². The van der Waals surface area contributed by atoms with E-state index in [9.17, 15) is 4.39 Å². The standard InChI is InChI=1S/C24H27FN6O3/c1-13(2)27-7-4-8-31-20(28-21-22(26)29-24(25)30-23(21)31)10-15-9-18-19(33-12-32-18)11-16(15)17-6-5-14(3)34-17/h5-6,9,11,13,27H,4,7-8,10,12H2,1-3H3,(H2,26,29,30). The van der Waals surface area contributed by atoms with Crippen molar-refractivity contribution in [3.8, 4) is 22.8 Å². The van der Waals surface area contributed by atoms with Crippen molar-refractivity contribution < 1.29 is 18.3 Å². The molecule has 34 heavy (non-hydrogen) atoms. The van der Waals surface area contributed by atoms with Crippen LogP contribution in [0, 0.1) is 13.0 Å². The summed E-state index contributed by atoms with van der Waals surface area (Å²) in [6, 6.07) is 8.08. The quantitative estimate of drug-likeness (QED) is 0.298. The Balaban J connectivity index is 1.57. The average Bonchev–Trinajstić information content (AvgIpc) is 3.49. The second kappa shape index (κ2) is 8.94. The van der Waals surface area contributed by atoms with Crippen LogP contribution in [-0.4, -0.2) is 38.9 Å². The highest BCUT2D eigenvalue weighted by atomic mass is 19.1. The van der Waals surface area contributed by atoms with E-state index in [-0.39, 0.29) is 12.6 Å². The molecule has 10 heteroatoms. The van der Waals surface area contributed by atoms with Crippen LogP contribution in [0.4, 0.5) is 10.2 Å². The number of benzene rings is 1. The molecule has 3 N–H and O–H groups in total. The van der Waals surface area contributed by atoms with E-state index in [1.807, 2.05) is 35.8 Å². The van der Waals surface area contributed by atoms with Crippen molar-refractivity contribution in [2.45, 2.75) is 46.2 Å². The Morgan fingerprint density at radius 2 is 1.94 bits per heavy atom. The number of imidazole rings is 1. The van der Waals surface area contributed by atoms with Crippen LogP contribution in [0.25, 0.3) is 22.5 Å². The molecule has 3 aromatic heterocycles. The summed E-state index contributed by atoms with van der Waals surface area (Å²) in [4.78, 5) is 12.4. The van der Waals surface area contributed by atoms with Gasteiger partial charge in [-0.25, -0.2) is 4.98 Å². The molecule has 0 bridgehead atoms. The lowest BCUT2D eigenvalue weighted by atomic mass is 10.0. The van der Waals surface area contributed by atoms with Gasteiger partial charge in [-0.05, 0) is 49.7 Å². The number of nitrogens with two attached hydrogens (primary N) is 1. The van der Waals surface area contributed by atoms with E-state index >= 15 is 0 Å². The summed E-state index contributed by atoms with van der Waals surface area (Å²) in [6.45, 7) is 7.67. The van der Waals surface area contributed by atoms with Gasteiger partial charge in [0.05, 0.1) is 0 Å². The minimum absolute atomic E-state index is 0.0235. The summed E-state index contributed by atoms with van der Waals surface area (Å²) in [7, 11) is 0. The third-order valence-electron chi connectivity index (χ3n) is 5.74. The number of ether oxygens (including phenoxy) is 2. The number of nitrogens with one attached hydrogen (secondary N) is 1. The molecule has 0 atom stereocenters. The van der Waals surface area contributed by atoms with Gasteiger partial charge in [0, 0.05) is 24.6 Å². The van der Waals surface area contributed by atoms with Crippen molar-refractivity contribution in [1.29, 1.82) is 0 Å². The first-order valence-corrected chi connectivity index (χ1v) is 11.3. The fraction of sp³-hybridized carbons (Fsp3) is 0.375. The number of rotatable bonds is 8. The van der Waals surface area contributed by atoms with Crippen molar-refractivity contribution in [3.05, 3.63) is 47.5 Å². The van der Waals surface area contributed by atoms with Gasteiger partial charge >= 0.3 is 6.08 Å². The summed E-state index contributed by atoms with van der Waals surface area (Å²) < 4.78 is 33.1. The van der Waals surface area contributed by atoms with E-state index < -0.39 is 6.08 Å². The number of nitrogens with zero attached hydrogens (tertiary/aromatic N) is 4. The molecule has 0 saturated carbocycles. The van der Waals surface area contributed by atoms with Crippen LogP contribution >= 0.6 is 0 Å². The highest BCUT2D eigenvalue weighted by Crippen LogP contribution is 2.40. The molecule has 9 nitrogen and oxygen atoms in total. The Morgan fingerprint density at radius 1 is 1.15 bits per heavy atom. The number of fused-ring (bicyclic) bond motifs is 2. The molecule has 1 aliphatic rings. The minimum Gasteiger partial charge on any atom is -0.461 e. The normalized spacial score (nSPS) is 12.9. The van der Waals surface area contributed by atoms with Crippen LogP contribution in [0.2, 0.25) is 0 Å². The molecule has 178 valence electrons. The van der Waals surface area contributed by atoms with Gasteiger partial charge in [0.1, 0.15) is 17.3 Å². The SMILES string of the molecule is Cc1ccc(-c2cc3c(cc2Cc2nc4c(N)nc(F)nc4n2CCCNC(C)C)OCO3)o1. The average molecular weight is 467 g/mol. The largest absolute Gasteiger partial charge is 0.461 e. The van der Waals surface area contributed by atoms with Crippen molar-refractivity contribution in [3.63, 3.8) is 0 Å². The zero-order valence-corrected chi connectivity index (χ0v) is 19.4. The first-order valence-electron chi connectivity index (χ1n) is 11.3. The van der Waals surface area contributed by atoms with E-state index in [4.69, 9.17) is 24.6 Å². The Morgan fingerprint density at radius 3 is 2.68 bits per heavy atom. The van der Waals surface area contributed by atoms with Gasteiger partial charge in [-0.15, -0.1) is 0 Å². The Kier molecular flexibility index (Phi) is 5.82. The van der Waals surface area contributed by atoms with Crippen LogP contribution in [0.1, 0.15) is 37.4 Å². The predicted molar refractivity (Wildman–Crippen MR) is 125 cm³/mol. The lowest BCUT2D eigenvalue weighted by molar-refractivity contribution is 0.174. The number of hydrogen-bond donors (Lipinski definition) is 2. The van der Waals surface area contributed by atoms with Crippen molar-refractivity contribution in [2.24, 2.45) is 0 Å². The summed E-state index contributed by atoms with van der Waals surface area (Å²) >= 11 is 0. The molecule has 5 rings (SSSR count). The Labute approximate surface area is 196 Å². The fourth-order valence-corrected chi connectivity index (χ4v) is 4.15. The second-order valence-electron chi connectivity index (χ2n) is 8.64. The molecule has 0 fully saturated rings. The lowest BCUT2D eigenvalue weighted by Gasteiger charge is -2.13. The van der Waals surface area contributed by atoms with Gasteiger partial charge < -0.3 is 29.5 Å². The molecule has 4 aromatic rings. The predicted octanol–water partition coefficient (Wildman–Crippen LogP) is 3.82. The fourth-order valence-electron chi connectivity index (χ4n) is 4.15. The van der Waals surface area contributed by atoms with Gasteiger partial charge in [0.15, 0.2) is 28.5 Å². The maximum absolute atomic E-state index is 14.0. The van der Waals surface area contributed by atoms with Crippen LogP contribution in [0.15, 0.2) is 28.7 Å². The highest BCUT2D eigenvalue weighted by Gasteiger charge is 2.23. The van der Waals surface area contributed by atoms with Crippen molar-refractivity contribution in [1.82, 2.24) is 24.8 Å². The maximum Gasteiger partial charge on any atom is 0.312 e. The summed E-state index contributed by atoms with van der Waals surface area (Å²) in [5.41, 5.74) is 8.59. The zero-order chi connectivity index (χ0) is 23.8. The number of aromatic nitrogens is 4. The third-order valence-corrected chi connectivity index (χ3v) is 5.74. The molecule has 0 spiro atoms. The highest BCUT2D eigenvalue weighted by molar-refractivity contribution is 5.82. The molecule has 0 radical (unpaired) electrons. The van der Waals surface area contributed by atoms with Crippen LogP contribution in [0.3, 0.4) is 0 Å². The molecule has 0 aliphatic carbocycles. The molecular weight excluding hydrogens is 439 g/mol. The van der Waals surface area contributed by atoms with E-state index in [0.717, 1.165) is 35.6 Å². The van der Waals surface area contributed by atoms with E-state index in [2.05, 4.69) is 29.1 Å². The van der Waals surface area contributed by atoms with Gasteiger partial charge in [0.25, 0.3) is 0 Å². The smallest absolute Gasteiger partial charge is 0.312 e. The lowest BCUT2D eigenvalue weighted by Crippen LogP contribution is -2.24. The number of halogens is 1. The molecule has 1 aliphatic heterocycles. The molecule has 4 heterocycles. The van der Waals surface area contributed by atoms with Gasteiger partial charge in [-0.2, -0.15) is 14.4 Å². The topological polar surface area (TPSA) is 113 Å². The van der Waals surface area contributed by atoms with Gasteiger partial charge in [-0.3, -0.25) is 0 Å². The molecule has 0 unspecified atom stereocenters. The maximum atomic E-state index is 14.0. The van der Waals surface area contributed by atoms with Crippen LogP contribution in [0.5, 0.6) is 11.5 Å². The summed E-state index contributed by atoms with van der Waals surface area (Å²) in [5, 5.41) is 3.40. The first kappa shape index (κ1) is 22.1. The number of nitrogen functional groups attached to an aromatic ring is 1. The molecule has 0 saturated heterocycles. The van der Waals surface area contributed by atoms with Gasteiger partial charge in [-0.1, -0.05) is 13.8 Å². The second-order valence-corrected chi connectivity index (χ2v) is 8.64. The Bertz CT molecular complexity index is 1350. The van der Waals surface area contributed by atoms with E-state index in [1.54, 1.807) is 0 Å². The number of furan rings is 1. The summed E-state index contributed by atoms with van der Waals surface area (Å²) in [5.74, 6) is 3.58. The molecular formula is C24H27FN6O3. The number of aryl methyl sites for hydroxylation is 2. The van der Waals surface area contributed by atoms with E-state index in [1.165, 1.54) is 0 Å². The van der Waals surface area contributed by atoms with Crippen molar-refractivity contribution >= 4 is 17.0 Å². The zero-order valence-electron chi connectivity index (χ0n) is 19.4. The van der Waals surface area contributed by atoms with E-state index in [0.29, 0.717) is 47.5 Å². The number of anilines is 1. The number of hydrogen-bond acceptors (Lipinski definition) is 8. The first-order chi connectivity index (χ1) is 16.4. The van der Waals surface area contributed by atoms with Crippen molar-refractivity contribution in [2.75, 3.05) is 19.1 Å². The van der Waals surface area contributed by atoms with Crippen LogP contribution in [-0.2, 0) is 13.0 Å². The monoisotopic (exact) mass is 466 g/mol.